The molecule has 1 amide bonds. The molecule has 1 unspecified atom stereocenters. The molecule has 0 aliphatic heterocycles. The lowest BCUT2D eigenvalue weighted by Crippen LogP contribution is -2.28. The van der Waals surface area contributed by atoms with E-state index in [0.717, 1.165) is 0 Å². The summed E-state index contributed by atoms with van der Waals surface area (Å²) in [5, 5.41) is -0.199. The highest BCUT2D eigenvalue weighted by Gasteiger charge is 2.23. The van der Waals surface area contributed by atoms with Crippen LogP contribution in [0.3, 0.4) is 0 Å². The fourth-order valence-corrected chi connectivity index (χ4v) is 0.468. The molecule has 0 heterocycles. The quantitative estimate of drug-likeness (QED) is 0.657. The van der Waals surface area contributed by atoms with Gasteiger partial charge in [-0.15, -0.1) is 11.6 Å². The molecule has 0 rings (SSSR count). The van der Waals surface area contributed by atoms with Crippen LogP contribution in [0.15, 0.2) is 0 Å². The molecule has 11 heavy (non-hydrogen) atoms. The number of alkyl halides is 1. The SMILES string of the molecule is CC(C)(C)C(Cl)COC(N)=O. The van der Waals surface area contributed by atoms with Gasteiger partial charge in [-0.3, -0.25) is 0 Å². The summed E-state index contributed by atoms with van der Waals surface area (Å²) in [5.41, 5.74) is 4.69. The van der Waals surface area contributed by atoms with Crippen LogP contribution in [-0.2, 0) is 4.74 Å². The molecule has 2 N–H and O–H groups in total. The Morgan fingerprint density at radius 1 is 1.64 bits per heavy atom. The van der Waals surface area contributed by atoms with E-state index in [1.54, 1.807) is 0 Å². The van der Waals surface area contributed by atoms with Crippen LogP contribution in [0.5, 0.6) is 0 Å². The minimum absolute atomic E-state index is 0.0724. The predicted octanol–water partition coefficient (Wildman–Crippen LogP) is 1.74. The summed E-state index contributed by atoms with van der Waals surface area (Å²) in [6.45, 7) is 6.07. The third-order valence-electron chi connectivity index (χ3n) is 1.31. The molecule has 0 saturated heterocycles. The molecule has 3 nitrogen and oxygen atoms in total. The third kappa shape index (κ3) is 4.90. The average molecular weight is 180 g/mol. The molecule has 0 fully saturated rings. The smallest absolute Gasteiger partial charge is 0.404 e. The van der Waals surface area contributed by atoms with Crippen molar-refractivity contribution in [1.29, 1.82) is 0 Å². The molecule has 0 aliphatic rings. The van der Waals surface area contributed by atoms with Crippen molar-refractivity contribution in [3.8, 4) is 0 Å². The summed E-state index contributed by atoms with van der Waals surface area (Å²) < 4.78 is 4.54. The molecule has 0 radical (unpaired) electrons. The zero-order valence-electron chi connectivity index (χ0n) is 7.06. The standard InChI is InChI=1S/C7H14ClNO2/c1-7(2,3)5(8)4-11-6(9)10/h5H,4H2,1-3H3,(H2,9,10). The van der Waals surface area contributed by atoms with Crippen LogP contribution in [0.4, 0.5) is 4.79 Å². The van der Waals surface area contributed by atoms with E-state index in [0.29, 0.717) is 0 Å². The average Bonchev–Trinajstić information content (AvgIpc) is 1.80. The molecule has 0 aromatic heterocycles. The van der Waals surface area contributed by atoms with E-state index >= 15 is 0 Å². The predicted molar refractivity (Wildman–Crippen MR) is 44.6 cm³/mol. The fourth-order valence-electron chi connectivity index (χ4n) is 0.405. The molecular formula is C7H14ClNO2. The summed E-state index contributed by atoms with van der Waals surface area (Å²) in [7, 11) is 0. The number of amides is 1. The van der Waals surface area contributed by atoms with Crippen molar-refractivity contribution in [2.75, 3.05) is 6.61 Å². The number of hydrogen-bond donors (Lipinski definition) is 1. The van der Waals surface area contributed by atoms with Crippen molar-refractivity contribution >= 4 is 17.7 Å². The van der Waals surface area contributed by atoms with Gasteiger partial charge in [0.1, 0.15) is 6.61 Å². The molecule has 0 aromatic rings. The number of carbonyl (C=O) groups is 1. The van der Waals surface area contributed by atoms with Crippen LogP contribution in [0.1, 0.15) is 20.8 Å². The van der Waals surface area contributed by atoms with Crippen molar-refractivity contribution in [2.24, 2.45) is 11.1 Å². The Balaban J connectivity index is 3.70. The third-order valence-corrected chi connectivity index (χ3v) is 2.09. The van der Waals surface area contributed by atoms with Crippen LogP contribution in [0.25, 0.3) is 0 Å². The van der Waals surface area contributed by atoms with Crippen molar-refractivity contribution in [2.45, 2.75) is 26.1 Å². The molecule has 4 heteroatoms. The van der Waals surface area contributed by atoms with Gasteiger partial charge >= 0.3 is 6.09 Å². The highest BCUT2D eigenvalue weighted by atomic mass is 35.5. The van der Waals surface area contributed by atoms with Gasteiger partial charge in [0.25, 0.3) is 0 Å². The summed E-state index contributed by atoms with van der Waals surface area (Å²) in [6, 6.07) is 0. The van der Waals surface area contributed by atoms with Crippen LogP contribution >= 0.6 is 11.6 Å². The number of primary amides is 1. The van der Waals surface area contributed by atoms with E-state index in [-0.39, 0.29) is 17.4 Å². The van der Waals surface area contributed by atoms with Gasteiger partial charge in [0, 0.05) is 0 Å². The lowest BCUT2D eigenvalue weighted by Gasteiger charge is -2.23. The number of hydrogen-bond acceptors (Lipinski definition) is 2. The van der Waals surface area contributed by atoms with E-state index in [1.165, 1.54) is 0 Å². The summed E-state index contributed by atoms with van der Waals surface area (Å²) in [5.74, 6) is 0. The van der Waals surface area contributed by atoms with Crippen molar-refractivity contribution < 1.29 is 9.53 Å². The van der Waals surface area contributed by atoms with Crippen molar-refractivity contribution in [1.82, 2.24) is 0 Å². The zero-order chi connectivity index (χ0) is 9.07. The summed E-state index contributed by atoms with van der Waals surface area (Å²) in [4.78, 5) is 10.2. The fraction of sp³-hybridized carbons (Fsp3) is 0.857. The van der Waals surface area contributed by atoms with Crippen LogP contribution in [0.2, 0.25) is 0 Å². The van der Waals surface area contributed by atoms with E-state index in [2.05, 4.69) is 4.74 Å². The Kier molecular flexibility index (Phi) is 3.66. The molecular weight excluding hydrogens is 166 g/mol. The zero-order valence-corrected chi connectivity index (χ0v) is 7.81. The van der Waals surface area contributed by atoms with Crippen LogP contribution < -0.4 is 5.73 Å². The first-order chi connectivity index (χ1) is 4.84. The summed E-state index contributed by atoms with van der Waals surface area (Å²) in [6.07, 6.45) is -0.778. The minimum atomic E-state index is -0.778. The maximum atomic E-state index is 10.2. The molecule has 0 aliphatic carbocycles. The normalized spacial score (nSPS) is 14.2. The molecule has 0 bridgehead atoms. The first-order valence-electron chi connectivity index (χ1n) is 3.40. The monoisotopic (exact) mass is 179 g/mol. The second kappa shape index (κ2) is 3.81. The number of rotatable bonds is 2. The van der Waals surface area contributed by atoms with Gasteiger partial charge in [0.2, 0.25) is 0 Å². The Morgan fingerprint density at radius 3 is 2.36 bits per heavy atom. The van der Waals surface area contributed by atoms with Crippen molar-refractivity contribution in [3.05, 3.63) is 0 Å². The van der Waals surface area contributed by atoms with E-state index in [9.17, 15) is 4.79 Å². The topological polar surface area (TPSA) is 52.3 Å². The van der Waals surface area contributed by atoms with Gasteiger partial charge in [-0.05, 0) is 5.41 Å². The second-order valence-electron chi connectivity index (χ2n) is 3.46. The van der Waals surface area contributed by atoms with Gasteiger partial charge in [0.15, 0.2) is 0 Å². The Bertz CT molecular complexity index is 142. The Morgan fingerprint density at radius 2 is 2.09 bits per heavy atom. The molecule has 0 saturated carbocycles. The van der Waals surface area contributed by atoms with Gasteiger partial charge in [-0.2, -0.15) is 0 Å². The molecule has 0 spiro atoms. The maximum absolute atomic E-state index is 10.2. The van der Waals surface area contributed by atoms with Crippen molar-refractivity contribution in [3.63, 3.8) is 0 Å². The van der Waals surface area contributed by atoms with Gasteiger partial charge < -0.3 is 10.5 Å². The number of ether oxygens (including phenoxy) is 1. The van der Waals surface area contributed by atoms with Gasteiger partial charge in [0.05, 0.1) is 5.38 Å². The first-order valence-corrected chi connectivity index (χ1v) is 3.84. The van der Waals surface area contributed by atoms with Crippen LogP contribution in [0, 0.1) is 5.41 Å². The Hall–Kier alpha value is -0.440. The van der Waals surface area contributed by atoms with E-state index in [1.807, 2.05) is 20.8 Å². The lowest BCUT2D eigenvalue weighted by molar-refractivity contribution is 0.143. The minimum Gasteiger partial charge on any atom is -0.448 e. The van der Waals surface area contributed by atoms with Gasteiger partial charge in [-0.25, -0.2) is 4.79 Å². The lowest BCUT2D eigenvalue weighted by atomic mass is 9.92. The highest BCUT2D eigenvalue weighted by molar-refractivity contribution is 6.21. The number of nitrogens with two attached hydrogens (primary N) is 1. The highest BCUT2D eigenvalue weighted by Crippen LogP contribution is 2.24. The molecule has 66 valence electrons. The van der Waals surface area contributed by atoms with Gasteiger partial charge in [-0.1, -0.05) is 20.8 Å². The second-order valence-corrected chi connectivity index (χ2v) is 3.99. The molecule has 1 atom stereocenters. The van der Waals surface area contributed by atoms with E-state index < -0.39 is 6.09 Å². The maximum Gasteiger partial charge on any atom is 0.404 e. The largest absolute Gasteiger partial charge is 0.448 e. The number of halogens is 1. The first kappa shape index (κ1) is 10.6. The molecule has 0 aromatic carbocycles. The Labute approximate surface area is 71.8 Å². The summed E-state index contributed by atoms with van der Waals surface area (Å²) >= 11 is 5.87. The van der Waals surface area contributed by atoms with Crippen LogP contribution in [-0.4, -0.2) is 18.1 Å². The van der Waals surface area contributed by atoms with E-state index in [4.69, 9.17) is 17.3 Å². The number of carbonyl (C=O) groups excluding carboxylic acids is 1.